The first-order valence-electron chi connectivity index (χ1n) is 11.8. The summed E-state index contributed by atoms with van der Waals surface area (Å²) in [6.07, 6.45) is 3.16. The molecule has 2 aliphatic heterocycles. The van der Waals surface area contributed by atoms with Crippen LogP contribution < -0.4 is 9.47 Å². The van der Waals surface area contributed by atoms with Crippen molar-refractivity contribution in [1.29, 1.82) is 0 Å². The van der Waals surface area contributed by atoms with Gasteiger partial charge in [0.2, 0.25) is 0 Å². The lowest BCUT2D eigenvalue weighted by molar-refractivity contribution is -0.140. The molecule has 1 N–H and O–H groups in total. The number of fused-ring (bicyclic) bond motifs is 1. The lowest BCUT2D eigenvalue weighted by Crippen LogP contribution is -2.31. The number of aliphatic hydroxyl groups excluding tert-OH is 1. The van der Waals surface area contributed by atoms with Gasteiger partial charge in [0.15, 0.2) is 0 Å². The van der Waals surface area contributed by atoms with E-state index >= 15 is 0 Å². The minimum Gasteiger partial charge on any atom is -0.507 e. The van der Waals surface area contributed by atoms with Gasteiger partial charge in [-0.1, -0.05) is 19.1 Å². The fourth-order valence-corrected chi connectivity index (χ4v) is 4.49. The number of likely N-dealkylation sites (tertiary alicyclic amines) is 1. The molecule has 2 aromatic rings. The first-order valence-corrected chi connectivity index (χ1v) is 11.8. The number of hydrogen-bond donors (Lipinski definition) is 1. The number of ether oxygens (including phenoxy) is 3. The van der Waals surface area contributed by atoms with Gasteiger partial charge < -0.3 is 24.2 Å². The smallest absolute Gasteiger partial charge is 0.295 e. The van der Waals surface area contributed by atoms with E-state index in [1.54, 1.807) is 13.2 Å². The first-order chi connectivity index (χ1) is 16.5. The van der Waals surface area contributed by atoms with E-state index in [0.29, 0.717) is 49.7 Å². The number of rotatable bonds is 9. The van der Waals surface area contributed by atoms with Crippen LogP contribution in [0.3, 0.4) is 0 Å². The molecule has 0 saturated carbocycles. The highest BCUT2D eigenvalue weighted by Gasteiger charge is 2.46. The van der Waals surface area contributed by atoms with E-state index in [-0.39, 0.29) is 11.3 Å². The highest BCUT2D eigenvalue weighted by molar-refractivity contribution is 6.46. The summed E-state index contributed by atoms with van der Waals surface area (Å²) in [6.45, 7) is 4.05. The van der Waals surface area contributed by atoms with Crippen molar-refractivity contribution < 1.29 is 28.9 Å². The van der Waals surface area contributed by atoms with Crippen molar-refractivity contribution in [3.05, 3.63) is 64.7 Å². The predicted molar refractivity (Wildman–Crippen MR) is 128 cm³/mol. The average molecular weight is 466 g/mol. The molecule has 2 aromatic carbocycles. The molecule has 0 aromatic heterocycles. The zero-order valence-corrected chi connectivity index (χ0v) is 19.7. The summed E-state index contributed by atoms with van der Waals surface area (Å²) in [7, 11) is 1.60. The third-order valence-electron chi connectivity index (χ3n) is 6.12. The molecule has 7 nitrogen and oxygen atoms in total. The number of aryl methyl sites for hydroxylation is 1. The van der Waals surface area contributed by atoms with Crippen LogP contribution in [0.2, 0.25) is 0 Å². The molecule has 34 heavy (non-hydrogen) atoms. The minimum absolute atomic E-state index is 0.0896. The van der Waals surface area contributed by atoms with Gasteiger partial charge in [-0.25, -0.2) is 0 Å². The molecule has 2 aliphatic rings. The van der Waals surface area contributed by atoms with E-state index in [1.165, 1.54) is 4.90 Å². The molecular formula is C27H31NO6. The number of carbonyl (C=O) groups is 2. The molecule has 1 amide bonds. The van der Waals surface area contributed by atoms with Gasteiger partial charge in [-0.05, 0) is 67.1 Å². The number of carbonyl (C=O) groups excluding carboxylic acids is 2. The maximum absolute atomic E-state index is 13.2. The SMILES string of the molecule is CCCOc1cccc(C2/C(=C(/O)c3ccc4c(c3)CCCO4)C(=O)C(=O)N2CCCOC)c1. The van der Waals surface area contributed by atoms with Crippen molar-refractivity contribution in [2.45, 2.75) is 38.6 Å². The molecule has 1 atom stereocenters. The van der Waals surface area contributed by atoms with Crippen LogP contribution in [0, 0.1) is 0 Å². The number of amides is 1. The summed E-state index contributed by atoms with van der Waals surface area (Å²) in [5.41, 5.74) is 2.29. The van der Waals surface area contributed by atoms with E-state index in [0.717, 1.165) is 30.6 Å². The van der Waals surface area contributed by atoms with Crippen LogP contribution in [0.1, 0.15) is 48.9 Å². The fourth-order valence-electron chi connectivity index (χ4n) is 4.49. The average Bonchev–Trinajstić information content (AvgIpc) is 3.12. The quantitative estimate of drug-likeness (QED) is 0.258. The van der Waals surface area contributed by atoms with Crippen molar-refractivity contribution in [2.24, 2.45) is 0 Å². The second-order valence-electron chi connectivity index (χ2n) is 8.53. The highest BCUT2D eigenvalue weighted by atomic mass is 16.5. The standard InChI is InChI=1S/C27H31NO6/c1-3-13-33-21-9-4-7-19(17-21)24-23(26(30)27(31)28(24)12-6-14-32-2)25(29)20-10-11-22-18(16-20)8-5-15-34-22/h4,7,9-11,16-17,24,29H,3,5-6,8,12-15H2,1-2H3/b25-23-. The second kappa shape index (κ2) is 10.7. The van der Waals surface area contributed by atoms with E-state index < -0.39 is 17.7 Å². The van der Waals surface area contributed by atoms with Crippen LogP contribution in [0.5, 0.6) is 11.5 Å². The van der Waals surface area contributed by atoms with Gasteiger partial charge in [-0.2, -0.15) is 0 Å². The predicted octanol–water partition coefficient (Wildman–Crippen LogP) is 4.26. The number of benzene rings is 2. The summed E-state index contributed by atoms with van der Waals surface area (Å²) in [5.74, 6) is -0.0312. The topological polar surface area (TPSA) is 85.3 Å². The fraction of sp³-hybridized carbons (Fsp3) is 0.407. The van der Waals surface area contributed by atoms with Gasteiger partial charge >= 0.3 is 0 Å². The van der Waals surface area contributed by atoms with Gasteiger partial charge in [-0.3, -0.25) is 9.59 Å². The van der Waals surface area contributed by atoms with Crippen molar-refractivity contribution >= 4 is 17.4 Å². The number of Topliss-reactive ketones (excluding diaryl/α,β-unsaturated/α-hetero) is 1. The van der Waals surface area contributed by atoms with Gasteiger partial charge in [0.1, 0.15) is 17.3 Å². The van der Waals surface area contributed by atoms with Crippen LogP contribution >= 0.6 is 0 Å². The number of aliphatic hydroxyl groups is 1. The lowest BCUT2D eigenvalue weighted by Gasteiger charge is -2.26. The molecule has 7 heteroatoms. The third-order valence-corrected chi connectivity index (χ3v) is 6.12. The van der Waals surface area contributed by atoms with Crippen LogP contribution in [-0.2, 0) is 20.7 Å². The normalized spacial score (nSPS) is 19.1. The molecule has 1 saturated heterocycles. The lowest BCUT2D eigenvalue weighted by atomic mass is 9.94. The molecular weight excluding hydrogens is 434 g/mol. The zero-order chi connectivity index (χ0) is 24.1. The summed E-state index contributed by atoms with van der Waals surface area (Å²) < 4.78 is 16.6. The molecule has 2 heterocycles. The Morgan fingerprint density at radius 1 is 1.18 bits per heavy atom. The summed E-state index contributed by atoms with van der Waals surface area (Å²) in [5, 5.41) is 11.3. The molecule has 180 valence electrons. The molecule has 0 spiro atoms. The zero-order valence-electron chi connectivity index (χ0n) is 19.7. The van der Waals surface area contributed by atoms with E-state index in [1.807, 2.05) is 43.3 Å². The Hall–Kier alpha value is -3.32. The van der Waals surface area contributed by atoms with Gasteiger partial charge in [0.25, 0.3) is 11.7 Å². The number of ketones is 1. The van der Waals surface area contributed by atoms with E-state index in [4.69, 9.17) is 14.2 Å². The van der Waals surface area contributed by atoms with Crippen LogP contribution in [-0.4, -0.2) is 55.2 Å². The van der Waals surface area contributed by atoms with Gasteiger partial charge in [-0.15, -0.1) is 0 Å². The molecule has 0 bridgehead atoms. The summed E-state index contributed by atoms with van der Waals surface area (Å²) >= 11 is 0. The maximum Gasteiger partial charge on any atom is 0.295 e. The highest BCUT2D eigenvalue weighted by Crippen LogP contribution is 2.41. The summed E-state index contributed by atoms with van der Waals surface area (Å²) in [4.78, 5) is 27.8. The minimum atomic E-state index is -0.714. The van der Waals surface area contributed by atoms with Crippen LogP contribution in [0.15, 0.2) is 48.0 Å². The van der Waals surface area contributed by atoms with Crippen molar-refractivity contribution in [1.82, 2.24) is 4.90 Å². The van der Waals surface area contributed by atoms with Crippen molar-refractivity contribution in [3.63, 3.8) is 0 Å². The van der Waals surface area contributed by atoms with Crippen molar-refractivity contribution in [3.8, 4) is 11.5 Å². The number of nitrogens with zero attached hydrogens (tertiary/aromatic N) is 1. The van der Waals surface area contributed by atoms with E-state index in [9.17, 15) is 14.7 Å². The largest absolute Gasteiger partial charge is 0.507 e. The second-order valence-corrected chi connectivity index (χ2v) is 8.53. The Labute approximate surface area is 199 Å². The monoisotopic (exact) mass is 465 g/mol. The van der Waals surface area contributed by atoms with Gasteiger partial charge in [0.05, 0.1) is 24.8 Å². The maximum atomic E-state index is 13.2. The molecule has 0 aliphatic carbocycles. The number of hydrogen-bond acceptors (Lipinski definition) is 6. The van der Waals surface area contributed by atoms with Crippen LogP contribution in [0.25, 0.3) is 5.76 Å². The molecule has 4 rings (SSSR count). The molecule has 1 unspecified atom stereocenters. The van der Waals surface area contributed by atoms with Gasteiger partial charge in [0, 0.05) is 25.8 Å². The first kappa shape index (κ1) is 23.8. The van der Waals surface area contributed by atoms with Crippen molar-refractivity contribution in [2.75, 3.05) is 33.5 Å². The Kier molecular flexibility index (Phi) is 7.53. The Balaban J connectivity index is 1.78. The molecule has 0 radical (unpaired) electrons. The Morgan fingerprint density at radius 3 is 2.82 bits per heavy atom. The summed E-state index contributed by atoms with van der Waals surface area (Å²) in [6, 6.07) is 12.1. The third kappa shape index (κ3) is 4.80. The number of methoxy groups -OCH3 is 1. The Bertz CT molecular complexity index is 1090. The van der Waals surface area contributed by atoms with E-state index in [2.05, 4.69) is 0 Å². The van der Waals surface area contributed by atoms with Crippen LogP contribution in [0.4, 0.5) is 0 Å². The molecule has 1 fully saturated rings. The Morgan fingerprint density at radius 2 is 2.03 bits per heavy atom.